The summed E-state index contributed by atoms with van der Waals surface area (Å²) in [7, 11) is 0. The highest BCUT2D eigenvalue weighted by Crippen LogP contribution is 2.39. The Morgan fingerprint density at radius 1 is 1.03 bits per heavy atom. The van der Waals surface area contributed by atoms with Crippen LogP contribution in [0.4, 0.5) is 0 Å². The second kappa shape index (κ2) is 11.7. The van der Waals surface area contributed by atoms with Gasteiger partial charge in [0, 0.05) is 34.7 Å². The van der Waals surface area contributed by atoms with Crippen LogP contribution in [0, 0.1) is 13.8 Å². The number of hydrogen-bond donors (Lipinski definition) is 1. The number of halogens is 2. The number of hydrazone groups is 1. The Morgan fingerprint density at radius 2 is 1.77 bits per heavy atom. The molecule has 4 aromatic rings. The summed E-state index contributed by atoms with van der Waals surface area (Å²) in [4.78, 5) is 27.2. The Hall–Kier alpha value is -3.52. The topological polar surface area (TPSA) is 66.7 Å². The van der Waals surface area contributed by atoms with Crippen LogP contribution in [0.15, 0.2) is 84.0 Å². The molecule has 0 spiro atoms. The minimum Gasteiger partial charge on any atom is -0.322 e. The van der Waals surface area contributed by atoms with E-state index in [9.17, 15) is 9.59 Å². The minimum atomic E-state index is -0.313. The van der Waals surface area contributed by atoms with Gasteiger partial charge in [0.2, 0.25) is 5.91 Å². The van der Waals surface area contributed by atoms with Gasteiger partial charge in [-0.25, -0.2) is 5.43 Å². The van der Waals surface area contributed by atoms with E-state index in [1.807, 2.05) is 79.4 Å². The molecule has 3 aromatic carbocycles. The van der Waals surface area contributed by atoms with E-state index >= 15 is 0 Å². The lowest BCUT2D eigenvalue weighted by Gasteiger charge is -2.24. The van der Waals surface area contributed by atoms with Gasteiger partial charge in [-0.05, 0) is 61.4 Å². The molecular formula is C30H26Cl2N4O2S. The first-order chi connectivity index (χ1) is 18.8. The third kappa shape index (κ3) is 5.91. The fourth-order valence-corrected chi connectivity index (χ4v) is 6.13. The smallest absolute Gasteiger partial charge is 0.271 e. The molecule has 2 heterocycles. The lowest BCUT2D eigenvalue weighted by molar-refractivity contribution is -0.128. The quantitative estimate of drug-likeness (QED) is 0.191. The average Bonchev–Trinajstić information content (AvgIpc) is 3.44. The fourth-order valence-electron chi connectivity index (χ4n) is 4.65. The molecule has 1 aliphatic rings. The van der Waals surface area contributed by atoms with Gasteiger partial charge in [0.1, 0.15) is 5.37 Å². The van der Waals surface area contributed by atoms with E-state index in [4.69, 9.17) is 23.2 Å². The number of carbonyl (C=O) groups is 2. The van der Waals surface area contributed by atoms with Gasteiger partial charge in [-0.2, -0.15) is 5.10 Å². The number of aromatic nitrogens is 1. The Kier molecular flexibility index (Phi) is 8.12. The third-order valence-corrected chi connectivity index (χ3v) is 8.62. The number of thioether (sulfide) groups is 1. The van der Waals surface area contributed by atoms with Gasteiger partial charge in [-0.15, -0.1) is 11.8 Å². The van der Waals surface area contributed by atoms with E-state index < -0.39 is 0 Å². The Labute approximate surface area is 241 Å². The van der Waals surface area contributed by atoms with Crippen LogP contribution >= 0.6 is 35.0 Å². The fraction of sp³-hybridized carbons (Fsp3) is 0.167. The molecule has 2 amide bonds. The predicted molar refractivity (Wildman–Crippen MR) is 159 cm³/mol. The highest BCUT2D eigenvalue weighted by Gasteiger charge is 2.32. The first kappa shape index (κ1) is 27.1. The van der Waals surface area contributed by atoms with Gasteiger partial charge >= 0.3 is 0 Å². The van der Waals surface area contributed by atoms with Gasteiger partial charge in [-0.1, -0.05) is 65.7 Å². The molecule has 6 nitrogen and oxygen atoms in total. The minimum absolute atomic E-state index is 0.0846. The molecule has 9 heteroatoms. The summed E-state index contributed by atoms with van der Waals surface area (Å²) in [5.41, 5.74) is 8.89. The largest absolute Gasteiger partial charge is 0.322 e. The molecule has 1 aliphatic heterocycles. The summed E-state index contributed by atoms with van der Waals surface area (Å²) < 4.78 is 2.05. The van der Waals surface area contributed by atoms with Crippen molar-refractivity contribution >= 4 is 53.0 Å². The Bertz CT molecular complexity index is 1550. The van der Waals surface area contributed by atoms with Crippen LogP contribution in [0.1, 0.15) is 43.8 Å². The highest BCUT2D eigenvalue weighted by atomic mass is 35.5. The van der Waals surface area contributed by atoms with E-state index in [0.717, 1.165) is 33.8 Å². The molecule has 0 radical (unpaired) electrons. The Morgan fingerprint density at radius 3 is 2.49 bits per heavy atom. The number of rotatable bonds is 7. The van der Waals surface area contributed by atoms with E-state index in [0.29, 0.717) is 27.9 Å². The van der Waals surface area contributed by atoms with Crippen molar-refractivity contribution in [2.24, 2.45) is 5.10 Å². The van der Waals surface area contributed by atoms with Crippen molar-refractivity contribution in [2.75, 3.05) is 5.75 Å². The van der Waals surface area contributed by atoms with Crippen LogP contribution in [0.2, 0.25) is 10.0 Å². The number of benzene rings is 3. The van der Waals surface area contributed by atoms with Crippen LogP contribution < -0.4 is 5.43 Å². The molecule has 1 N–H and O–H groups in total. The van der Waals surface area contributed by atoms with Gasteiger partial charge in [0.25, 0.3) is 5.91 Å². The van der Waals surface area contributed by atoms with Crippen molar-refractivity contribution in [3.8, 4) is 5.69 Å². The lowest BCUT2D eigenvalue weighted by atomic mass is 10.1. The van der Waals surface area contributed by atoms with E-state index in [1.54, 1.807) is 36.2 Å². The molecule has 198 valence electrons. The molecule has 0 aliphatic carbocycles. The molecule has 5 rings (SSSR count). The summed E-state index contributed by atoms with van der Waals surface area (Å²) in [5, 5.41) is 5.08. The van der Waals surface area contributed by atoms with Crippen molar-refractivity contribution in [3.05, 3.63) is 123 Å². The monoisotopic (exact) mass is 576 g/mol. The lowest BCUT2D eigenvalue weighted by Crippen LogP contribution is -2.27. The zero-order chi connectivity index (χ0) is 27.5. The van der Waals surface area contributed by atoms with Crippen molar-refractivity contribution < 1.29 is 9.59 Å². The zero-order valence-electron chi connectivity index (χ0n) is 21.4. The molecule has 1 aromatic heterocycles. The normalized spacial score (nSPS) is 15.3. The number of hydrogen-bond acceptors (Lipinski definition) is 4. The summed E-state index contributed by atoms with van der Waals surface area (Å²) in [6.45, 7) is 4.52. The SMILES string of the molecule is Cc1cc(/C=N\NC(=O)c2ccc([C@H]3SCC(=O)N3Cc3ccccc3)cc2)c(C)n1-c1ccc(Cl)c(Cl)c1. The van der Waals surface area contributed by atoms with Crippen molar-refractivity contribution in [2.45, 2.75) is 25.8 Å². The van der Waals surface area contributed by atoms with Gasteiger partial charge in [0.15, 0.2) is 0 Å². The maximum atomic E-state index is 12.7. The summed E-state index contributed by atoms with van der Waals surface area (Å²) >= 11 is 13.9. The van der Waals surface area contributed by atoms with Crippen molar-refractivity contribution in [3.63, 3.8) is 0 Å². The van der Waals surface area contributed by atoms with Crippen LogP contribution in [0.3, 0.4) is 0 Å². The molecule has 0 unspecified atom stereocenters. The van der Waals surface area contributed by atoms with Crippen LogP contribution in [0.25, 0.3) is 5.69 Å². The van der Waals surface area contributed by atoms with Gasteiger partial charge in [0.05, 0.1) is 22.0 Å². The molecule has 0 bridgehead atoms. The van der Waals surface area contributed by atoms with Crippen LogP contribution in [0.5, 0.6) is 0 Å². The first-order valence-corrected chi connectivity index (χ1v) is 14.1. The molecular weight excluding hydrogens is 551 g/mol. The highest BCUT2D eigenvalue weighted by molar-refractivity contribution is 8.00. The predicted octanol–water partition coefficient (Wildman–Crippen LogP) is 6.94. The molecule has 0 saturated carbocycles. The van der Waals surface area contributed by atoms with Crippen LogP contribution in [-0.2, 0) is 11.3 Å². The van der Waals surface area contributed by atoms with Gasteiger partial charge in [-0.3, -0.25) is 9.59 Å². The molecule has 1 atom stereocenters. The first-order valence-electron chi connectivity index (χ1n) is 12.3. The van der Waals surface area contributed by atoms with Crippen LogP contribution in [-0.4, -0.2) is 33.2 Å². The zero-order valence-corrected chi connectivity index (χ0v) is 23.7. The number of nitrogens with one attached hydrogen (secondary N) is 1. The standard InChI is InChI=1S/C30H26Cl2N4O2S/c1-19-14-24(20(2)36(19)25-12-13-26(31)27(32)15-25)16-33-34-29(38)22-8-10-23(11-9-22)30-35(28(37)18-39-30)17-21-6-4-3-5-7-21/h3-16,30H,17-18H2,1-2H3,(H,34,38)/b33-16-/t30-/m1/s1. The maximum Gasteiger partial charge on any atom is 0.271 e. The van der Waals surface area contributed by atoms with E-state index in [-0.39, 0.29) is 17.2 Å². The van der Waals surface area contributed by atoms with E-state index in [2.05, 4.69) is 15.1 Å². The number of carbonyl (C=O) groups excluding carboxylic acids is 2. The molecule has 39 heavy (non-hydrogen) atoms. The second-order valence-corrected chi connectivity index (χ2v) is 11.1. The number of amides is 2. The summed E-state index contributed by atoms with van der Waals surface area (Å²) in [5.74, 6) is 0.246. The Balaban J connectivity index is 1.25. The van der Waals surface area contributed by atoms with Gasteiger partial charge < -0.3 is 9.47 Å². The maximum absolute atomic E-state index is 12.7. The average molecular weight is 578 g/mol. The third-order valence-electron chi connectivity index (χ3n) is 6.62. The summed E-state index contributed by atoms with van der Waals surface area (Å²) in [6, 6.07) is 24.8. The molecule has 1 fully saturated rings. The van der Waals surface area contributed by atoms with E-state index in [1.165, 1.54) is 0 Å². The molecule has 1 saturated heterocycles. The number of aryl methyl sites for hydroxylation is 1. The number of nitrogens with zero attached hydrogens (tertiary/aromatic N) is 3. The van der Waals surface area contributed by atoms with Crippen molar-refractivity contribution in [1.82, 2.24) is 14.9 Å². The summed E-state index contributed by atoms with van der Waals surface area (Å²) in [6.07, 6.45) is 1.63. The second-order valence-electron chi connectivity index (χ2n) is 9.25. The van der Waals surface area contributed by atoms with Crippen molar-refractivity contribution in [1.29, 1.82) is 0 Å².